The fourth-order valence-corrected chi connectivity index (χ4v) is 1.67. The molecule has 1 aromatic rings. The lowest BCUT2D eigenvalue weighted by Gasteiger charge is -2.15. The number of anilines is 1. The van der Waals surface area contributed by atoms with Gasteiger partial charge in [-0.2, -0.15) is 0 Å². The molecule has 1 aliphatic rings. The summed E-state index contributed by atoms with van der Waals surface area (Å²) in [6, 6.07) is 3.84. The Balaban J connectivity index is 2.10. The third-order valence-electron chi connectivity index (χ3n) is 2.44. The molecule has 0 atom stereocenters. The predicted octanol–water partition coefficient (Wildman–Crippen LogP) is 1.47. The molecule has 1 amide bonds. The third kappa shape index (κ3) is 2.24. The number of nitrogens with zero attached hydrogens (tertiary/aromatic N) is 2. The van der Waals surface area contributed by atoms with E-state index >= 15 is 0 Å². The van der Waals surface area contributed by atoms with Gasteiger partial charge >= 0.3 is 6.09 Å². The van der Waals surface area contributed by atoms with Crippen molar-refractivity contribution in [2.45, 2.75) is 13.5 Å². The van der Waals surface area contributed by atoms with Gasteiger partial charge < -0.3 is 15.0 Å². The molecule has 5 heteroatoms. The van der Waals surface area contributed by atoms with Crippen molar-refractivity contribution in [3.63, 3.8) is 0 Å². The Morgan fingerprint density at radius 3 is 3.19 bits per heavy atom. The molecule has 2 rings (SSSR count). The second-order valence-electron chi connectivity index (χ2n) is 3.58. The average molecular weight is 221 g/mol. The van der Waals surface area contributed by atoms with Crippen molar-refractivity contribution in [1.82, 2.24) is 9.88 Å². The highest BCUT2D eigenvalue weighted by Gasteiger charge is 2.22. The molecule has 0 spiro atoms. The molecule has 1 fully saturated rings. The maximum atomic E-state index is 11.3. The summed E-state index contributed by atoms with van der Waals surface area (Å²) in [4.78, 5) is 17.2. The van der Waals surface area contributed by atoms with Gasteiger partial charge in [-0.1, -0.05) is 6.07 Å². The van der Waals surface area contributed by atoms with Gasteiger partial charge in [-0.15, -0.1) is 0 Å². The van der Waals surface area contributed by atoms with Crippen LogP contribution >= 0.6 is 0 Å². The highest BCUT2D eigenvalue weighted by Crippen LogP contribution is 2.16. The lowest BCUT2D eigenvalue weighted by Crippen LogP contribution is -2.24. The highest BCUT2D eigenvalue weighted by molar-refractivity contribution is 5.69. The first kappa shape index (κ1) is 10.7. The largest absolute Gasteiger partial charge is 0.448 e. The summed E-state index contributed by atoms with van der Waals surface area (Å²) >= 11 is 0. The highest BCUT2D eigenvalue weighted by atomic mass is 16.6. The monoisotopic (exact) mass is 221 g/mol. The van der Waals surface area contributed by atoms with Crippen molar-refractivity contribution in [3.8, 4) is 0 Å². The van der Waals surface area contributed by atoms with Crippen LogP contribution in [0.5, 0.6) is 0 Å². The van der Waals surface area contributed by atoms with Crippen molar-refractivity contribution in [3.05, 3.63) is 23.9 Å². The molecule has 5 nitrogen and oxygen atoms in total. The Labute approximate surface area is 94.4 Å². The van der Waals surface area contributed by atoms with Gasteiger partial charge in [0.2, 0.25) is 0 Å². The first-order chi connectivity index (χ1) is 7.81. The number of amides is 1. The van der Waals surface area contributed by atoms with E-state index in [1.807, 2.05) is 19.1 Å². The summed E-state index contributed by atoms with van der Waals surface area (Å²) in [5.41, 5.74) is 1.02. The molecule has 1 saturated heterocycles. The molecule has 86 valence electrons. The molecule has 0 aliphatic carbocycles. The van der Waals surface area contributed by atoms with Crippen LogP contribution in [0, 0.1) is 0 Å². The van der Waals surface area contributed by atoms with E-state index in [2.05, 4.69) is 10.3 Å². The molecular weight excluding hydrogens is 206 g/mol. The van der Waals surface area contributed by atoms with Gasteiger partial charge in [0, 0.05) is 18.3 Å². The van der Waals surface area contributed by atoms with Gasteiger partial charge in [0.05, 0.1) is 13.1 Å². The van der Waals surface area contributed by atoms with Crippen LogP contribution in [0.25, 0.3) is 0 Å². The number of aromatic nitrogens is 1. The van der Waals surface area contributed by atoms with Crippen LogP contribution < -0.4 is 5.32 Å². The number of nitrogens with one attached hydrogen (secondary N) is 1. The lowest BCUT2D eigenvalue weighted by atomic mass is 10.2. The Hall–Kier alpha value is -1.78. The minimum atomic E-state index is -0.244. The Morgan fingerprint density at radius 1 is 1.62 bits per heavy atom. The van der Waals surface area contributed by atoms with E-state index in [0.717, 1.165) is 17.9 Å². The van der Waals surface area contributed by atoms with Crippen LogP contribution in [0.4, 0.5) is 10.6 Å². The molecule has 0 aromatic carbocycles. The quantitative estimate of drug-likeness (QED) is 0.836. The molecule has 16 heavy (non-hydrogen) atoms. The van der Waals surface area contributed by atoms with Gasteiger partial charge in [0.15, 0.2) is 0 Å². The zero-order valence-electron chi connectivity index (χ0n) is 9.27. The standard InChI is InChI=1S/C11H15N3O2/c1-2-12-10-9(4-3-5-13-10)8-14-6-7-16-11(14)15/h3-5H,2,6-8H2,1H3,(H,12,13). The molecule has 0 radical (unpaired) electrons. The fourth-order valence-electron chi connectivity index (χ4n) is 1.67. The van der Waals surface area contributed by atoms with E-state index in [0.29, 0.717) is 19.7 Å². The maximum Gasteiger partial charge on any atom is 0.410 e. The van der Waals surface area contributed by atoms with Crippen molar-refractivity contribution >= 4 is 11.9 Å². The zero-order chi connectivity index (χ0) is 11.4. The van der Waals surface area contributed by atoms with E-state index < -0.39 is 0 Å². The minimum Gasteiger partial charge on any atom is -0.448 e. The Kier molecular flexibility index (Phi) is 3.24. The number of cyclic esters (lactones) is 1. The number of hydrogen-bond acceptors (Lipinski definition) is 4. The third-order valence-corrected chi connectivity index (χ3v) is 2.44. The number of ether oxygens (including phenoxy) is 1. The minimum absolute atomic E-state index is 0.244. The molecule has 1 N–H and O–H groups in total. The second-order valence-corrected chi connectivity index (χ2v) is 3.58. The summed E-state index contributed by atoms with van der Waals surface area (Å²) in [5, 5.41) is 3.18. The summed E-state index contributed by atoms with van der Waals surface area (Å²) in [5.74, 6) is 0.838. The van der Waals surface area contributed by atoms with Crippen molar-refractivity contribution in [1.29, 1.82) is 0 Å². The molecule has 1 aliphatic heterocycles. The van der Waals surface area contributed by atoms with E-state index in [1.54, 1.807) is 11.1 Å². The lowest BCUT2D eigenvalue weighted by molar-refractivity contribution is 0.157. The van der Waals surface area contributed by atoms with Crippen molar-refractivity contribution in [2.24, 2.45) is 0 Å². The van der Waals surface area contributed by atoms with E-state index in [4.69, 9.17) is 4.74 Å². The topological polar surface area (TPSA) is 54.5 Å². The molecule has 1 aromatic heterocycles. The predicted molar refractivity (Wildman–Crippen MR) is 60.2 cm³/mol. The molecular formula is C11H15N3O2. The van der Waals surface area contributed by atoms with Gasteiger partial charge in [-0.05, 0) is 13.0 Å². The Morgan fingerprint density at radius 2 is 2.50 bits per heavy atom. The number of pyridine rings is 1. The van der Waals surface area contributed by atoms with Crippen LogP contribution in [-0.2, 0) is 11.3 Å². The molecule has 0 unspecified atom stereocenters. The van der Waals surface area contributed by atoms with Gasteiger partial charge in [0.25, 0.3) is 0 Å². The van der Waals surface area contributed by atoms with Crippen molar-refractivity contribution in [2.75, 3.05) is 25.0 Å². The fraction of sp³-hybridized carbons (Fsp3) is 0.455. The number of carbonyl (C=O) groups is 1. The van der Waals surface area contributed by atoms with Gasteiger partial charge in [-0.3, -0.25) is 0 Å². The van der Waals surface area contributed by atoms with Crippen LogP contribution in [0.2, 0.25) is 0 Å². The first-order valence-corrected chi connectivity index (χ1v) is 5.40. The molecule has 0 saturated carbocycles. The first-order valence-electron chi connectivity index (χ1n) is 5.40. The van der Waals surface area contributed by atoms with Crippen molar-refractivity contribution < 1.29 is 9.53 Å². The van der Waals surface area contributed by atoms with E-state index in [1.165, 1.54) is 0 Å². The Bertz CT molecular complexity index is 381. The molecule has 2 heterocycles. The maximum absolute atomic E-state index is 11.3. The second kappa shape index (κ2) is 4.83. The number of rotatable bonds is 4. The zero-order valence-corrected chi connectivity index (χ0v) is 9.27. The van der Waals surface area contributed by atoms with Crippen LogP contribution in [-0.4, -0.2) is 35.7 Å². The van der Waals surface area contributed by atoms with Crippen LogP contribution in [0.15, 0.2) is 18.3 Å². The molecule has 0 bridgehead atoms. The smallest absolute Gasteiger partial charge is 0.410 e. The van der Waals surface area contributed by atoms with E-state index in [-0.39, 0.29) is 6.09 Å². The number of carbonyl (C=O) groups excluding carboxylic acids is 1. The van der Waals surface area contributed by atoms with E-state index in [9.17, 15) is 4.79 Å². The average Bonchev–Trinajstić information content (AvgIpc) is 2.68. The van der Waals surface area contributed by atoms with Crippen LogP contribution in [0.3, 0.4) is 0 Å². The van der Waals surface area contributed by atoms with Crippen LogP contribution in [0.1, 0.15) is 12.5 Å². The summed E-state index contributed by atoms with van der Waals surface area (Å²) in [6.07, 6.45) is 1.50. The summed E-state index contributed by atoms with van der Waals surface area (Å²) in [7, 11) is 0. The van der Waals surface area contributed by atoms with Gasteiger partial charge in [0.1, 0.15) is 12.4 Å². The SMILES string of the molecule is CCNc1ncccc1CN1CCOC1=O. The van der Waals surface area contributed by atoms with Gasteiger partial charge in [-0.25, -0.2) is 9.78 Å². The summed E-state index contributed by atoms with van der Waals surface area (Å²) < 4.78 is 4.88. The summed E-state index contributed by atoms with van der Waals surface area (Å²) in [6.45, 7) is 4.51. The normalized spacial score (nSPS) is 15.1. The number of hydrogen-bond donors (Lipinski definition) is 1.